The number of nitrogens with one attached hydrogen (secondary N) is 1. The summed E-state index contributed by atoms with van der Waals surface area (Å²) in [7, 11) is 1.41. The molecule has 0 aliphatic rings. The minimum Gasteiger partial charge on any atom is -0.467 e. The summed E-state index contributed by atoms with van der Waals surface area (Å²) in [5.74, 6) is -0.597. The van der Waals surface area contributed by atoms with Crippen LogP contribution in [-0.4, -0.2) is 39.6 Å². The molecule has 3 rings (SSSR count). The van der Waals surface area contributed by atoms with Crippen molar-refractivity contribution in [3.05, 3.63) is 53.3 Å². The van der Waals surface area contributed by atoms with E-state index >= 15 is 0 Å². The van der Waals surface area contributed by atoms with E-state index in [0.717, 1.165) is 12.8 Å². The Bertz CT molecular complexity index is 843. The summed E-state index contributed by atoms with van der Waals surface area (Å²) >= 11 is 1.30. The number of methoxy groups -OCH3 is 1. The molecule has 0 spiro atoms. The van der Waals surface area contributed by atoms with Crippen molar-refractivity contribution in [3.63, 3.8) is 0 Å². The maximum absolute atomic E-state index is 12.2. The van der Waals surface area contributed by atoms with Crippen LogP contribution in [0.2, 0.25) is 0 Å². The third kappa shape index (κ3) is 4.96. The molecule has 1 N–H and O–H groups in total. The first-order valence-corrected chi connectivity index (χ1v) is 8.80. The molecule has 1 amide bonds. The standard InChI is InChI=1S/C17H17N5O3S/c1-24-15-19-13(14(23)21-17-18-9-11-26-17)20-16(22-15)25-10-5-8-12-6-3-2-4-7-12/h2-4,6-7,9,11H,5,8,10H2,1H3,(H,18,21,23). The first kappa shape index (κ1) is 17.7. The lowest BCUT2D eigenvalue weighted by atomic mass is 10.1. The maximum Gasteiger partial charge on any atom is 0.323 e. The number of benzene rings is 1. The van der Waals surface area contributed by atoms with E-state index in [1.807, 2.05) is 18.2 Å². The van der Waals surface area contributed by atoms with Crippen LogP contribution in [0.25, 0.3) is 0 Å². The van der Waals surface area contributed by atoms with Crippen LogP contribution in [0.3, 0.4) is 0 Å². The van der Waals surface area contributed by atoms with Gasteiger partial charge in [0.2, 0.25) is 5.82 Å². The summed E-state index contributed by atoms with van der Waals surface area (Å²) in [5, 5.41) is 4.82. The highest BCUT2D eigenvalue weighted by atomic mass is 32.1. The molecule has 8 nitrogen and oxygen atoms in total. The van der Waals surface area contributed by atoms with E-state index in [2.05, 4.69) is 37.4 Å². The molecule has 0 unspecified atom stereocenters. The van der Waals surface area contributed by atoms with Crippen LogP contribution >= 0.6 is 11.3 Å². The van der Waals surface area contributed by atoms with Gasteiger partial charge in [-0.1, -0.05) is 30.3 Å². The van der Waals surface area contributed by atoms with Crippen LogP contribution in [0.1, 0.15) is 22.6 Å². The molecule has 0 atom stereocenters. The topological polar surface area (TPSA) is 99.1 Å². The maximum atomic E-state index is 12.2. The number of ether oxygens (including phenoxy) is 2. The Morgan fingerprint density at radius 2 is 1.96 bits per heavy atom. The summed E-state index contributed by atoms with van der Waals surface area (Å²) in [6.45, 7) is 0.412. The van der Waals surface area contributed by atoms with E-state index in [0.29, 0.717) is 11.7 Å². The average molecular weight is 371 g/mol. The highest BCUT2D eigenvalue weighted by molar-refractivity contribution is 7.13. The van der Waals surface area contributed by atoms with Crippen LogP contribution < -0.4 is 14.8 Å². The second-order valence-electron chi connectivity index (χ2n) is 5.16. The van der Waals surface area contributed by atoms with Crippen molar-refractivity contribution in [2.24, 2.45) is 0 Å². The summed E-state index contributed by atoms with van der Waals surface area (Å²) in [4.78, 5) is 28.2. The van der Waals surface area contributed by atoms with E-state index < -0.39 is 5.91 Å². The van der Waals surface area contributed by atoms with Crippen molar-refractivity contribution in [2.75, 3.05) is 19.0 Å². The molecular formula is C17H17N5O3S. The summed E-state index contributed by atoms with van der Waals surface area (Å²) < 4.78 is 10.6. The van der Waals surface area contributed by atoms with Crippen LogP contribution in [0.5, 0.6) is 12.0 Å². The van der Waals surface area contributed by atoms with Crippen LogP contribution in [0.4, 0.5) is 5.13 Å². The molecule has 2 aromatic heterocycles. The highest BCUT2D eigenvalue weighted by Gasteiger charge is 2.16. The predicted molar refractivity (Wildman–Crippen MR) is 96.7 cm³/mol. The number of carbonyl (C=O) groups is 1. The Kier molecular flexibility index (Phi) is 6.05. The second kappa shape index (κ2) is 8.86. The minimum atomic E-state index is -0.505. The van der Waals surface area contributed by atoms with Gasteiger partial charge in [-0.25, -0.2) is 4.98 Å². The molecule has 134 valence electrons. The summed E-state index contributed by atoms with van der Waals surface area (Å²) in [6, 6.07) is 10.2. The number of amides is 1. The van der Waals surface area contributed by atoms with E-state index in [1.54, 1.807) is 11.6 Å². The van der Waals surface area contributed by atoms with E-state index in [4.69, 9.17) is 9.47 Å². The van der Waals surface area contributed by atoms with Gasteiger partial charge in [0.1, 0.15) is 0 Å². The molecule has 1 aromatic carbocycles. The molecule has 0 saturated heterocycles. The van der Waals surface area contributed by atoms with Gasteiger partial charge in [-0.3, -0.25) is 10.1 Å². The lowest BCUT2D eigenvalue weighted by Crippen LogP contribution is -2.17. The number of aryl methyl sites for hydroxylation is 1. The highest BCUT2D eigenvalue weighted by Crippen LogP contribution is 2.14. The summed E-state index contributed by atoms with van der Waals surface area (Å²) in [5.41, 5.74) is 1.23. The SMILES string of the molecule is COc1nc(OCCCc2ccccc2)nc(C(=O)Nc2nccs2)n1. The zero-order chi connectivity index (χ0) is 18.2. The van der Waals surface area contributed by atoms with E-state index in [-0.39, 0.29) is 17.8 Å². The molecule has 0 radical (unpaired) electrons. The third-order valence-electron chi connectivity index (χ3n) is 3.32. The zero-order valence-corrected chi connectivity index (χ0v) is 14.9. The molecule has 26 heavy (non-hydrogen) atoms. The average Bonchev–Trinajstić information content (AvgIpc) is 3.19. The van der Waals surface area contributed by atoms with Crippen molar-refractivity contribution < 1.29 is 14.3 Å². The van der Waals surface area contributed by atoms with Gasteiger partial charge in [-0.05, 0) is 18.4 Å². The van der Waals surface area contributed by atoms with Gasteiger partial charge in [0, 0.05) is 11.6 Å². The van der Waals surface area contributed by atoms with E-state index in [9.17, 15) is 4.79 Å². The van der Waals surface area contributed by atoms with Crippen LogP contribution in [0.15, 0.2) is 41.9 Å². The zero-order valence-electron chi connectivity index (χ0n) is 14.1. The van der Waals surface area contributed by atoms with E-state index in [1.165, 1.54) is 24.0 Å². The predicted octanol–water partition coefficient (Wildman–Crippen LogP) is 2.60. The van der Waals surface area contributed by atoms with Crippen LogP contribution in [0, 0.1) is 0 Å². The monoisotopic (exact) mass is 371 g/mol. The largest absolute Gasteiger partial charge is 0.467 e. The fraction of sp³-hybridized carbons (Fsp3) is 0.235. The Balaban J connectivity index is 1.60. The van der Waals surface area contributed by atoms with Gasteiger partial charge < -0.3 is 9.47 Å². The third-order valence-corrected chi connectivity index (χ3v) is 4.01. The van der Waals surface area contributed by atoms with Gasteiger partial charge in [-0.2, -0.15) is 9.97 Å². The normalized spacial score (nSPS) is 10.3. The Labute approximate surface area is 154 Å². The van der Waals surface area contributed by atoms with Crippen molar-refractivity contribution in [3.8, 4) is 12.0 Å². The molecule has 0 saturated carbocycles. The van der Waals surface area contributed by atoms with Crippen molar-refractivity contribution in [1.29, 1.82) is 0 Å². The number of hydrogen-bond donors (Lipinski definition) is 1. The molecule has 0 bridgehead atoms. The second-order valence-corrected chi connectivity index (χ2v) is 6.05. The first-order valence-electron chi connectivity index (χ1n) is 7.92. The molecule has 2 heterocycles. The van der Waals surface area contributed by atoms with Gasteiger partial charge in [0.05, 0.1) is 13.7 Å². The number of rotatable bonds is 8. The number of thiazole rings is 1. The number of carbonyl (C=O) groups excluding carboxylic acids is 1. The molecule has 3 aromatic rings. The number of aromatic nitrogens is 4. The van der Waals surface area contributed by atoms with Gasteiger partial charge in [-0.15, -0.1) is 16.3 Å². The van der Waals surface area contributed by atoms with Crippen LogP contribution in [-0.2, 0) is 6.42 Å². The van der Waals surface area contributed by atoms with Gasteiger partial charge in [0.25, 0.3) is 5.91 Å². The fourth-order valence-electron chi connectivity index (χ4n) is 2.12. The molecule has 0 aliphatic carbocycles. The number of anilines is 1. The molecule has 0 aliphatic heterocycles. The first-order chi connectivity index (χ1) is 12.7. The number of nitrogens with zero attached hydrogens (tertiary/aromatic N) is 4. The van der Waals surface area contributed by atoms with Gasteiger partial charge >= 0.3 is 12.0 Å². The number of hydrogen-bond acceptors (Lipinski definition) is 8. The molecule has 9 heteroatoms. The molecule has 0 fully saturated rings. The minimum absolute atomic E-state index is 0.0161. The fourth-order valence-corrected chi connectivity index (χ4v) is 2.64. The Morgan fingerprint density at radius 1 is 1.15 bits per heavy atom. The smallest absolute Gasteiger partial charge is 0.323 e. The lowest BCUT2D eigenvalue weighted by Gasteiger charge is -2.07. The van der Waals surface area contributed by atoms with Gasteiger partial charge in [0.15, 0.2) is 5.13 Å². The van der Waals surface area contributed by atoms with Crippen molar-refractivity contribution in [1.82, 2.24) is 19.9 Å². The lowest BCUT2D eigenvalue weighted by molar-refractivity contribution is 0.101. The quantitative estimate of drug-likeness (QED) is 0.608. The Morgan fingerprint density at radius 3 is 2.69 bits per heavy atom. The van der Waals surface area contributed by atoms with Crippen molar-refractivity contribution >= 4 is 22.4 Å². The summed E-state index contributed by atoms with van der Waals surface area (Å²) in [6.07, 6.45) is 3.26. The van der Waals surface area contributed by atoms with Crippen molar-refractivity contribution in [2.45, 2.75) is 12.8 Å². The molecular weight excluding hydrogens is 354 g/mol. The Hall–Kier alpha value is -3.07.